The molecule has 3 heterocycles. The van der Waals surface area contributed by atoms with Gasteiger partial charge in [-0.2, -0.15) is 21.8 Å². The number of fused-ring (bicyclic) bond motifs is 1. The molecule has 0 saturated carbocycles. The molecular formula is C20H22S3. The zero-order chi connectivity index (χ0) is 16.1. The second-order valence-electron chi connectivity index (χ2n) is 6.15. The van der Waals surface area contributed by atoms with Gasteiger partial charge in [0.05, 0.1) is 4.21 Å². The van der Waals surface area contributed by atoms with Crippen molar-refractivity contribution in [1.82, 2.24) is 0 Å². The van der Waals surface area contributed by atoms with Gasteiger partial charge in [-0.05, 0) is 53.4 Å². The van der Waals surface area contributed by atoms with Gasteiger partial charge in [-0.25, -0.2) is 0 Å². The summed E-state index contributed by atoms with van der Waals surface area (Å²) in [6, 6.07) is 8.99. The van der Waals surface area contributed by atoms with Crippen LogP contribution in [-0.2, 0) is 0 Å². The van der Waals surface area contributed by atoms with E-state index in [0.717, 1.165) is 0 Å². The van der Waals surface area contributed by atoms with Crippen molar-refractivity contribution < 1.29 is 0 Å². The Balaban J connectivity index is 2.00. The number of allylic oxidation sites excluding steroid dienone is 8. The van der Waals surface area contributed by atoms with E-state index < -0.39 is 0 Å². The average molecular weight is 359 g/mol. The van der Waals surface area contributed by atoms with Crippen molar-refractivity contribution in [2.75, 3.05) is 0 Å². The van der Waals surface area contributed by atoms with Gasteiger partial charge in [0.25, 0.3) is 0 Å². The number of hydrogen-bond donors (Lipinski definition) is 2. The maximum Gasteiger partial charge on any atom is 0.0615 e. The van der Waals surface area contributed by atoms with Gasteiger partial charge in [-0.1, -0.05) is 42.5 Å². The van der Waals surface area contributed by atoms with E-state index in [4.69, 9.17) is 0 Å². The Kier molecular flexibility index (Phi) is 3.83. The largest absolute Gasteiger partial charge is 0.178 e. The SMILES string of the molecule is CC1=CC=C(C)[SH]1c1sc2ccccc2c1[SH]1C(C)=CC=C1C. The molecule has 3 heteroatoms. The highest BCUT2D eigenvalue weighted by atomic mass is 32.2. The monoisotopic (exact) mass is 358 g/mol. The Hall–Kier alpha value is -1.16. The van der Waals surface area contributed by atoms with Crippen LogP contribution in [0.2, 0.25) is 0 Å². The fourth-order valence-corrected chi connectivity index (χ4v) is 11.2. The Morgan fingerprint density at radius 1 is 0.696 bits per heavy atom. The maximum atomic E-state index is 2.33. The Morgan fingerprint density at radius 3 is 1.83 bits per heavy atom. The second-order valence-corrected chi connectivity index (χ2v) is 12.6. The summed E-state index contributed by atoms with van der Waals surface area (Å²) in [4.78, 5) is 7.80. The van der Waals surface area contributed by atoms with Crippen LogP contribution < -0.4 is 0 Å². The van der Waals surface area contributed by atoms with Crippen LogP contribution in [0.3, 0.4) is 0 Å². The lowest BCUT2D eigenvalue weighted by Crippen LogP contribution is -1.88. The Morgan fingerprint density at radius 2 is 1.22 bits per heavy atom. The summed E-state index contributed by atoms with van der Waals surface area (Å²) < 4.78 is 3.08. The highest BCUT2D eigenvalue weighted by Gasteiger charge is 2.28. The van der Waals surface area contributed by atoms with Gasteiger partial charge in [0.1, 0.15) is 0 Å². The zero-order valence-corrected chi connectivity index (χ0v) is 16.5. The molecule has 2 aromatic rings. The third-order valence-corrected chi connectivity index (χ3v) is 11.6. The fraction of sp³-hybridized carbons (Fsp3) is 0.200. The fourth-order valence-electron chi connectivity index (χ4n) is 3.40. The van der Waals surface area contributed by atoms with Crippen LogP contribution in [-0.4, -0.2) is 0 Å². The minimum absolute atomic E-state index is 0.282. The van der Waals surface area contributed by atoms with E-state index in [2.05, 4.69) is 76.3 Å². The molecule has 0 spiro atoms. The molecule has 23 heavy (non-hydrogen) atoms. The van der Waals surface area contributed by atoms with E-state index in [1.807, 2.05) is 11.3 Å². The van der Waals surface area contributed by atoms with Crippen molar-refractivity contribution in [3.63, 3.8) is 0 Å². The number of thiol groups is 2. The normalized spacial score (nSPS) is 20.7. The summed E-state index contributed by atoms with van der Waals surface area (Å²) in [5, 5.41) is 1.48. The molecule has 4 rings (SSSR count). The molecule has 1 aromatic carbocycles. The summed E-state index contributed by atoms with van der Waals surface area (Å²) >= 11 is 2.03. The summed E-state index contributed by atoms with van der Waals surface area (Å²) in [5.74, 6) is 0. The van der Waals surface area contributed by atoms with Gasteiger partial charge >= 0.3 is 0 Å². The van der Waals surface area contributed by atoms with E-state index in [1.165, 1.54) is 10.1 Å². The summed E-state index contributed by atoms with van der Waals surface area (Å²) in [5.41, 5.74) is 0. The van der Waals surface area contributed by atoms with Gasteiger partial charge in [0, 0.05) is 15.0 Å². The first-order chi connectivity index (χ1) is 11.1. The Bertz CT molecular complexity index is 886. The standard InChI is InChI=1S/C20H22S3/c1-13-9-10-14(2)22(13)19-17-7-5-6-8-18(17)21-20(19)23-15(3)11-12-16(23)4/h5-12,22-23H,1-4H3. The van der Waals surface area contributed by atoms with Crippen LogP contribution in [0.4, 0.5) is 0 Å². The van der Waals surface area contributed by atoms with Crippen molar-refractivity contribution in [3.8, 4) is 0 Å². The molecule has 0 fully saturated rings. The lowest BCUT2D eigenvalue weighted by molar-refractivity contribution is 1.41. The van der Waals surface area contributed by atoms with Crippen LogP contribution in [0.1, 0.15) is 27.7 Å². The third-order valence-electron chi connectivity index (χ3n) is 4.52. The number of thiophene rings is 1. The van der Waals surface area contributed by atoms with Gasteiger partial charge in [-0.15, -0.1) is 11.3 Å². The highest BCUT2D eigenvalue weighted by Crippen LogP contribution is 2.66. The molecule has 120 valence electrons. The van der Waals surface area contributed by atoms with Gasteiger partial charge in [-0.3, -0.25) is 0 Å². The smallest absolute Gasteiger partial charge is 0.0615 e. The van der Waals surface area contributed by atoms with E-state index in [9.17, 15) is 0 Å². The maximum absolute atomic E-state index is 2.33. The summed E-state index contributed by atoms with van der Waals surface area (Å²) in [6.45, 7) is 9.23. The number of rotatable bonds is 2. The van der Waals surface area contributed by atoms with E-state index in [-0.39, 0.29) is 21.8 Å². The van der Waals surface area contributed by atoms with Crippen LogP contribution in [0.25, 0.3) is 10.1 Å². The van der Waals surface area contributed by atoms with Crippen LogP contribution in [0.5, 0.6) is 0 Å². The topological polar surface area (TPSA) is 0 Å². The van der Waals surface area contributed by atoms with E-state index in [1.54, 1.807) is 28.7 Å². The van der Waals surface area contributed by atoms with Crippen molar-refractivity contribution in [2.24, 2.45) is 0 Å². The molecule has 0 amide bonds. The molecule has 0 unspecified atom stereocenters. The zero-order valence-electron chi connectivity index (χ0n) is 13.9. The minimum atomic E-state index is -0.306. The van der Waals surface area contributed by atoms with Crippen LogP contribution in [0, 0.1) is 0 Å². The summed E-state index contributed by atoms with van der Waals surface area (Å²) in [6.07, 6.45) is 9.29. The first-order valence-corrected chi connectivity index (χ1v) is 11.4. The molecule has 0 nitrogen and oxygen atoms in total. The van der Waals surface area contributed by atoms with Crippen molar-refractivity contribution >= 4 is 43.2 Å². The predicted octanol–water partition coefficient (Wildman–Crippen LogP) is 7.26. The second kappa shape index (κ2) is 5.73. The molecule has 0 aliphatic carbocycles. The lowest BCUT2D eigenvalue weighted by atomic mass is 10.3. The first-order valence-electron chi connectivity index (χ1n) is 7.90. The third kappa shape index (κ3) is 2.37. The predicted molar refractivity (Wildman–Crippen MR) is 111 cm³/mol. The van der Waals surface area contributed by atoms with Crippen molar-refractivity contribution in [3.05, 3.63) is 68.2 Å². The number of benzene rings is 1. The van der Waals surface area contributed by atoms with Crippen LogP contribution in [0.15, 0.2) is 77.3 Å². The molecule has 0 saturated heterocycles. The van der Waals surface area contributed by atoms with E-state index >= 15 is 0 Å². The molecule has 0 bridgehead atoms. The average Bonchev–Trinajstić information content (AvgIpc) is 3.16. The highest BCUT2D eigenvalue weighted by molar-refractivity contribution is 8.27. The van der Waals surface area contributed by atoms with Gasteiger partial charge in [0.2, 0.25) is 0 Å². The van der Waals surface area contributed by atoms with Crippen molar-refractivity contribution in [2.45, 2.75) is 36.8 Å². The molecular weight excluding hydrogens is 336 g/mol. The van der Waals surface area contributed by atoms with Crippen molar-refractivity contribution in [1.29, 1.82) is 0 Å². The quantitative estimate of drug-likeness (QED) is 0.518. The molecule has 0 radical (unpaired) electrons. The van der Waals surface area contributed by atoms with Crippen LogP contribution >= 0.6 is 33.1 Å². The summed E-state index contributed by atoms with van der Waals surface area (Å²) in [7, 11) is -0.588. The molecule has 0 N–H and O–H groups in total. The minimum Gasteiger partial charge on any atom is -0.178 e. The number of hydrogen-bond acceptors (Lipinski definition) is 1. The Labute approximate surface area is 148 Å². The lowest BCUT2D eigenvalue weighted by Gasteiger charge is -2.26. The molecule has 1 aromatic heterocycles. The van der Waals surface area contributed by atoms with Gasteiger partial charge < -0.3 is 0 Å². The molecule has 0 atom stereocenters. The van der Waals surface area contributed by atoms with Gasteiger partial charge in [0.15, 0.2) is 0 Å². The van der Waals surface area contributed by atoms with E-state index in [0.29, 0.717) is 0 Å². The first kappa shape index (κ1) is 15.4. The molecule has 2 aliphatic heterocycles. The molecule has 2 aliphatic rings.